The first-order valence-corrected chi connectivity index (χ1v) is 6.34. The van der Waals surface area contributed by atoms with Crippen molar-refractivity contribution < 1.29 is 9.53 Å². The molecule has 0 bridgehead atoms. The number of nitrogens with zero attached hydrogens (tertiary/aromatic N) is 1. The summed E-state index contributed by atoms with van der Waals surface area (Å²) in [6.45, 7) is 3.04. The third kappa shape index (κ3) is 5.29. The molecule has 0 spiro atoms. The van der Waals surface area contributed by atoms with Gasteiger partial charge in [0.2, 0.25) is 0 Å². The first kappa shape index (κ1) is 19.2. The smallest absolute Gasteiger partial charge is 0.337 e. The van der Waals surface area contributed by atoms with E-state index < -0.39 is 0 Å². The van der Waals surface area contributed by atoms with Gasteiger partial charge in [0, 0.05) is 12.6 Å². The molecule has 1 saturated heterocycles. The number of methoxy groups -OCH3 is 1. The van der Waals surface area contributed by atoms with Crippen LogP contribution in [-0.4, -0.2) is 37.1 Å². The molecule has 1 fully saturated rings. The SMILES string of the molecule is COC(=O)c1ccc(CN2CCC(N)CC2)cc1.Cl.Cl. The van der Waals surface area contributed by atoms with Crippen LogP contribution in [0.1, 0.15) is 28.8 Å². The van der Waals surface area contributed by atoms with Crippen LogP contribution in [0.4, 0.5) is 0 Å². The Hall–Kier alpha value is -0.810. The maximum atomic E-state index is 11.3. The minimum atomic E-state index is -0.287. The fourth-order valence-electron chi connectivity index (χ4n) is 2.23. The quantitative estimate of drug-likeness (QED) is 0.868. The van der Waals surface area contributed by atoms with Crippen molar-refractivity contribution in [3.05, 3.63) is 35.4 Å². The number of halogens is 2. The van der Waals surface area contributed by atoms with Gasteiger partial charge < -0.3 is 10.5 Å². The Kier molecular flexibility index (Phi) is 8.81. The molecule has 1 aliphatic heterocycles. The summed E-state index contributed by atoms with van der Waals surface area (Å²) in [4.78, 5) is 13.7. The molecule has 0 aromatic heterocycles. The van der Waals surface area contributed by atoms with E-state index in [4.69, 9.17) is 5.73 Å². The number of likely N-dealkylation sites (tertiary alicyclic amines) is 1. The number of carbonyl (C=O) groups excluding carboxylic acids is 1. The van der Waals surface area contributed by atoms with Crippen LogP contribution >= 0.6 is 24.8 Å². The van der Waals surface area contributed by atoms with Gasteiger partial charge in [-0.25, -0.2) is 4.79 Å². The van der Waals surface area contributed by atoms with Crippen LogP contribution in [0.3, 0.4) is 0 Å². The fraction of sp³-hybridized carbons (Fsp3) is 0.500. The summed E-state index contributed by atoms with van der Waals surface area (Å²) >= 11 is 0. The molecule has 0 radical (unpaired) electrons. The van der Waals surface area contributed by atoms with Gasteiger partial charge in [0.05, 0.1) is 12.7 Å². The molecule has 0 amide bonds. The summed E-state index contributed by atoms with van der Waals surface area (Å²) in [5, 5.41) is 0. The number of hydrogen-bond acceptors (Lipinski definition) is 4. The van der Waals surface area contributed by atoms with E-state index in [0.29, 0.717) is 11.6 Å². The predicted molar refractivity (Wildman–Crippen MR) is 84.8 cm³/mol. The zero-order valence-electron chi connectivity index (χ0n) is 11.6. The van der Waals surface area contributed by atoms with E-state index in [0.717, 1.165) is 32.5 Å². The molecule has 0 aliphatic carbocycles. The highest BCUT2D eigenvalue weighted by molar-refractivity contribution is 5.89. The van der Waals surface area contributed by atoms with Gasteiger partial charge in [-0.2, -0.15) is 0 Å². The molecule has 1 aromatic rings. The second-order valence-electron chi connectivity index (χ2n) is 4.80. The highest BCUT2D eigenvalue weighted by Gasteiger charge is 2.16. The van der Waals surface area contributed by atoms with E-state index in [9.17, 15) is 4.79 Å². The second-order valence-corrected chi connectivity index (χ2v) is 4.80. The molecule has 114 valence electrons. The van der Waals surface area contributed by atoms with E-state index in [-0.39, 0.29) is 30.8 Å². The van der Waals surface area contributed by atoms with E-state index in [2.05, 4.69) is 9.64 Å². The zero-order chi connectivity index (χ0) is 13.0. The van der Waals surface area contributed by atoms with Gasteiger partial charge in [-0.1, -0.05) is 12.1 Å². The van der Waals surface area contributed by atoms with E-state index in [1.807, 2.05) is 24.3 Å². The van der Waals surface area contributed by atoms with Crippen LogP contribution in [0.5, 0.6) is 0 Å². The Morgan fingerprint density at radius 1 is 1.25 bits per heavy atom. The monoisotopic (exact) mass is 320 g/mol. The van der Waals surface area contributed by atoms with Gasteiger partial charge in [-0.15, -0.1) is 24.8 Å². The average molecular weight is 321 g/mol. The average Bonchev–Trinajstić information content (AvgIpc) is 2.41. The Morgan fingerprint density at radius 2 is 1.80 bits per heavy atom. The maximum absolute atomic E-state index is 11.3. The van der Waals surface area contributed by atoms with Crippen LogP contribution in [0.25, 0.3) is 0 Å². The van der Waals surface area contributed by atoms with Crippen molar-refractivity contribution in [2.75, 3.05) is 20.2 Å². The summed E-state index contributed by atoms with van der Waals surface area (Å²) in [5.41, 5.74) is 7.70. The number of piperidine rings is 1. The molecule has 0 atom stereocenters. The van der Waals surface area contributed by atoms with Crippen LogP contribution in [0.2, 0.25) is 0 Å². The first-order chi connectivity index (χ1) is 8.69. The van der Waals surface area contributed by atoms with Crippen molar-refractivity contribution in [2.45, 2.75) is 25.4 Å². The number of ether oxygens (including phenoxy) is 1. The molecule has 1 aromatic carbocycles. The zero-order valence-corrected chi connectivity index (χ0v) is 13.2. The number of hydrogen-bond donors (Lipinski definition) is 1. The lowest BCUT2D eigenvalue weighted by atomic mass is 10.0. The number of rotatable bonds is 3. The molecule has 4 nitrogen and oxygen atoms in total. The molecule has 2 N–H and O–H groups in total. The van der Waals surface area contributed by atoms with Crippen molar-refractivity contribution in [1.82, 2.24) is 4.90 Å². The number of benzene rings is 1. The van der Waals surface area contributed by atoms with Crippen molar-refractivity contribution in [1.29, 1.82) is 0 Å². The minimum Gasteiger partial charge on any atom is -0.465 e. The van der Waals surface area contributed by atoms with E-state index >= 15 is 0 Å². The van der Waals surface area contributed by atoms with Crippen molar-refractivity contribution in [3.63, 3.8) is 0 Å². The lowest BCUT2D eigenvalue weighted by Crippen LogP contribution is -2.39. The minimum absolute atomic E-state index is 0. The lowest BCUT2D eigenvalue weighted by molar-refractivity contribution is 0.0600. The van der Waals surface area contributed by atoms with Crippen molar-refractivity contribution in [3.8, 4) is 0 Å². The van der Waals surface area contributed by atoms with Crippen LogP contribution < -0.4 is 5.73 Å². The Morgan fingerprint density at radius 3 is 2.30 bits per heavy atom. The van der Waals surface area contributed by atoms with Gasteiger partial charge in [-0.3, -0.25) is 4.90 Å². The topological polar surface area (TPSA) is 55.6 Å². The van der Waals surface area contributed by atoms with Crippen LogP contribution in [0, 0.1) is 0 Å². The van der Waals surface area contributed by atoms with Gasteiger partial charge >= 0.3 is 5.97 Å². The molecular weight excluding hydrogens is 299 g/mol. The fourth-order valence-corrected chi connectivity index (χ4v) is 2.23. The van der Waals surface area contributed by atoms with E-state index in [1.54, 1.807) is 0 Å². The highest BCUT2D eigenvalue weighted by Crippen LogP contribution is 2.13. The third-order valence-electron chi connectivity index (χ3n) is 3.41. The van der Waals surface area contributed by atoms with Gasteiger partial charge in [0.25, 0.3) is 0 Å². The molecular formula is C14H22Cl2N2O2. The number of nitrogens with two attached hydrogens (primary N) is 1. The Labute approximate surface area is 132 Å². The van der Waals surface area contributed by atoms with Crippen LogP contribution in [-0.2, 0) is 11.3 Å². The molecule has 1 heterocycles. The Bertz CT molecular complexity index is 404. The van der Waals surface area contributed by atoms with E-state index in [1.165, 1.54) is 12.7 Å². The first-order valence-electron chi connectivity index (χ1n) is 6.34. The molecule has 2 rings (SSSR count). The molecule has 6 heteroatoms. The molecule has 0 saturated carbocycles. The summed E-state index contributed by atoms with van der Waals surface area (Å²) in [6.07, 6.45) is 2.14. The van der Waals surface area contributed by atoms with Crippen molar-refractivity contribution in [2.24, 2.45) is 5.73 Å². The summed E-state index contributed by atoms with van der Waals surface area (Å²) in [5.74, 6) is -0.287. The molecule has 1 aliphatic rings. The summed E-state index contributed by atoms with van der Waals surface area (Å²) in [6, 6.07) is 7.97. The molecule has 20 heavy (non-hydrogen) atoms. The second kappa shape index (κ2) is 9.19. The third-order valence-corrected chi connectivity index (χ3v) is 3.41. The standard InChI is InChI=1S/C14H20N2O2.2ClH/c1-18-14(17)12-4-2-11(3-5-12)10-16-8-6-13(15)7-9-16;;/h2-5,13H,6-10,15H2,1H3;2*1H. The highest BCUT2D eigenvalue weighted by atomic mass is 35.5. The Balaban J connectivity index is 0.00000180. The predicted octanol–water partition coefficient (Wildman–Crippen LogP) is 2.24. The van der Waals surface area contributed by atoms with Gasteiger partial charge in [0.1, 0.15) is 0 Å². The summed E-state index contributed by atoms with van der Waals surface area (Å²) in [7, 11) is 1.40. The maximum Gasteiger partial charge on any atom is 0.337 e. The largest absolute Gasteiger partial charge is 0.465 e. The summed E-state index contributed by atoms with van der Waals surface area (Å²) < 4.78 is 4.67. The number of esters is 1. The molecule has 0 unspecified atom stereocenters. The van der Waals surface area contributed by atoms with Gasteiger partial charge in [0.15, 0.2) is 0 Å². The van der Waals surface area contributed by atoms with Crippen LogP contribution in [0.15, 0.2) is 24.3 Å². The lowest BCUT2D eigenvalue weighted by Gasteiger charge is -2.30. The van der Waals surface area contributed by atoms with Crippen molar-refractivity contribution >= 4 is 30.8 Å². The normalized spacial score (nSPS) is 15.9. The van der Waals surface area contributed by atoms with Gasteiger partial charge in [-0.05, 0) is 43.6 Å². The number of carbonyl (C=O) groups is 1.